The van der Waals surface area contributed by atoms with E-state index in [1.165, 1.54) is 0 Å². The number of likely N-dealkylation sites (tertiary alicyclic amines) is 1. The highest BCUT2D eigenvalue weighted by atomic mass is 16.2. The molecule has 0 aliphatic carbocycles. The summed E-state index contributed by atoms with van der Waals surface area (Å²) in [5.74, 6) is 1.40. The van der Waals surface area contributed by atoms with Crippen LogP contribution in [0, 0.1) is 13.8 Å². The quantitative estimate of drug-likeness (QED) is 0.852. The second-order valence-electron chi connectivity index (χ2n) is 5.79. The number of nitrogens with zero attached hydrogens (tertiary/aromatic N) is 5. The zero-order valence-electron chi connectivity index (χ0n) is 12.9. The minimum absolute atomic E-state index is 0.0841. The van der Waals surface area contributed by atoms with Gasteiger partial charge in [0.2, 0.25) is 5.91 Å². The number of hydrogen-bond donors (Lipinski definition) is 1. The highest BCUT2D eigenvalue weighted by Crippen LogP contribution is 2.22. The maximum absolute atomic E-state index is 12.5. The molecule has 2 aliphatic rings. The molecule has 0 spiro atoms. The summed E-state index contributed by atoms with van der Waals surface area (Å²) in [5, 5.41) is 8.33. The molecule has 118 valence electrons. The van der Waals surface area contributed by atoms with Crippen LogP contribution in [0.15, 0.2) is 5.10 Å². The lowest BCUT2D eigenvalue weighted by atomic mass is 10.0. The van der Waals surface area contributed by atoms with Crippen LogP contribution in [0.5, 0.6) is 0 Å². The van der Waals surface area contributed by atoms with Gasteiger partial charge in [0.05, 0.1) is 6.04 Å². The van der Waals surface area contributed by atoms with Crippen molar-refractivity contribution in [1.82, 2.24) is 25.1 Å². The third-order valence-corrected chi connectivity index (χ3v) is 4.09. The van der Waals surface area contributed by atoms with Gasteiger partial charge in [0.1, 0.15) is 17.4 Å². The van der Waals surface area contributed by atoms with E-state index in [0.717, 1.165) is 31.0 Å². The predicted octanol–water partition coefficient (Wildman–Crippen LogP) is 0.324. The summed E-state index contributed by atoms with van der Waals surface area (Å²) in [4.78, 5) is 29.8. The molecule has 1 aromatic rings. The van der Waals surface area contributed by atoms with E-state index < -0.39 is 0 Å². The van der Waals surface area contributed by atoms with Gasteiger partial charge in [-0.1, -0.05) is 0 Å². The van der Waals surface area contributed by atoms with Crippen molar-refractivity contribution in [3.05, 3.63) is 11.6 Å². The number of piperidine rings is 1. The number of amides is 2. The minimum atomic E-state index is -0.137. The molecule has 1 saturated heterocycles. The number of aryl methyl sites for hydroxylation is 2. The molecular formula is C14H20N6O2. The molecule has 1 fully saturated rings. The van der Waals surface area contributed by atoms with Crippen molar-refractivity contribution < 1.29 is 9.59 Å². The lowest BCUT2D eigenvalue weighted by molar-refractivity contribution is -0.126. The molecule has 8 nitrogen and oxygen atoms in total. The number of hydrogen-bond acceptors (Lipinski definition) is 5. The van der Waals surface area contributed by atoms with Gasteiger partial charge in [-0.2, -0.15) is 10.2 Å². The van der Waals surface area contributed by atoms with E-state index in [9.17, 15) is 9.59 Å². The van der Waals surface area contributed by atoms with Gasteiger partial charge in [0.15, 0.2) is 0 Å². The van der Waals surface area contributed by atoms with Crippen LogP contribution in [0.25, 0.3) is 0 Å². The molecule has 1 atom stereocenters. The summed E-state index contributed by atoms with van der Waals surface area (Å²) in [6.45, 7) is 5.13. The van der Waals surface area contributed by atoms with Crippen LogP contribution in [0.4, 0.5) is 0 Å². The van der Waals surface area contributed by atoms with Gasteiger partial charge in [-0.25, -0.2) is 15.1 Å². The van der Waals surface area contributed by atoms with Crippen molar-refractivity contribution in [1.29, 1.82) is 0 Å². The largest absolute Gasteiger partial charge is 0.335 e. The number of rotatable bonds is 2. The first kappa shape index (κ1) is 14.7. The molecule has 22 heavy (non-hydrogen) atoms. The smallest absolute Gasteiger partial charge is 0.270 e. The highest BCUT2D eigenvalue weighted by Gasteiger charge is 2.30. The Morgan fingerprint density at radius 2 is 2.14 bits per heavy atom. The van der Waals surface area contributed by atoms with Crippen LogP contribution >= 0.6 is 0 Å². The standard InChI is InChI=1S/C14H20N6O2/c1-9-15-10(2)20(18-9)11-4-3-7-19(8-11)14(22)12-5-6-13(21)17-16-12/h11H,3-8H2,1-2H3,(H,17,21)/t11-/m1/s1. The van der Waals surface area contributed by atoms with Gasteiger partial charge >= 0.3 is 0 Å². The van der Waals surface area contributed by atoms with Crippen LogP contribution in [-0.4, -0.2) is 50.3 Å². The normalized spacial score (nSPS) is 22.3. The summed E-state index contributed by atoms with van der Waals surface area (Å²) < 4.78 is 1.92. The van der Waals surface area contributed by atoms with Gasteiger partial charge in [-0.15, -0.1) is 0 Å². The highest BCUT2D eigenvalue weighted by molar-refractivity contribution is 6.39. The van der Waals surface area contributed by atoms with E-state index >= 15 is 0 Å². The van der Waals surface area contributed by atoms with Crippen LogP contribution < -0.4 is 5.43 Å². The molecule has 2 aliphatic heterocycles. The van der Waals surface area contributed by atoms with Crippen molar-refractivity contribution in [3.63, 3.8) is 0 Å². The number of aromatic nitrogens is 3. The van der Waals surface area contributed by atoms with Gasteiger partial charge in [0, 0.05) is 25.9 Å². The van der Waals surface area contributed by atoms with Crippen molar-refractivity contribution in [2.24, 2.45) is 5.10 Å². The summed E-state index contributed by atoms with van der Waals surface area (Å²) in [6, 6.07) is 0.151. The van der Waals surface area contributed by atoms with Crippen LogP contribution in [0.3, 0.4) is 0 Å². The molecule has 0 aromatic carbocycles. The number of hydrazone groups is 1. The Hall–Kier alpha value is -2.25. The molecule has 1 N–H and O–H groups in total. The molecule has 0 radical (unpaired) electrons. The molecule has 1 aromatic heterocycles. The lowest BCUT2D eigenvalue weighted by Crippen LogP contribution is -2.45. The maximum Gasteiger partial charge on any atom is 0.270 e. The SMILES string of the molecule is Cc1nc(C)n([C@@H]2CCCN(C(=O)C3=NNC(=O)CC3)C2)n1. The molecule has 8 heteroatoms. The number of nitrogens with one attached hydrogen (secondary N) is 1. The Labute approximate surface area is 128 Å². The first-order valence-electron chi connectivity index (χ1n) is 7.59. The van der Waals surface area contributed by atoms with Gasteiger partial charge in [0.25, 0.3) is 5.91 Å². The van der Waals surface area contributed by atoms with Crippen LogP contribution in [-0.2, 0) is 9.59 Å². The Morgan fingerprint density at radius 1 is 1.32 bits per heavy atom. The molecule has 0 bridgehead atoms. The van der Waals surface area contributed by atoms with Crippen molar-refractivity contribution in [2.75, 3.05) is 13.1 Å². The van der Waals surface area contributed by atoms with E-state index in [1.54, 1.807) is 4.90 Å². The monoisotopic (exact) mass is 304 g/mol. The third kappa shape index (κ3) is 2.86. The molecule has 3 rings (SSSR count). The minimum Gasteiger partial charge on any atom is -0.335 e. The number of carbonyl (C=O) groups excluding carboxylic acids is 2. The second kappa shape index (κ2) is 5.86. The number of carbonyl (C=O) groups is 2. The molecule has 2 amide bonds. The average Bonchev–Trinajstić information content (AvgIpc) is 2.86. The van der Waals surface area contributed by atoms with E-state index in [2.05, 4.69) is 20.6 Å². The van der Waals surface area contributed by atoms with Crippen molar-refractivity contribution in [3.8, 4) is 0 Å². The zero-order chi connectivity index (χ0) is 15.7. The van der Waals surface area contributed by atoms with Crippen LogP contribution in [0.1, 0.15) is 43.4 Å². The Kier molecular flexibility index (Phi) is 3.91. The second-order valence-corrected chi connectivity index (χ2v) is 5.79. The average molecular weight is 304 g/mol. The van der Waals surface area contributed by atoms with Crippen molar-refractivity contribution in [2.45, 2.75) is 45.6 Å². The van der Waals surface area contributed by atoms with Crippen molar-refractivity contribution >= 4 is 17.5 Å². The van der Waals surface area contributed by atoms with E-state index in [1.807, 2.05) is 18.5 Å². The third-order valence-electron chi connectivity index (χ3n) is 4.09. The van der Waals surface area contributed by atoms with E-state index in [4.69, 9.17) is 0 Å². The lowest BCUT2D eigenvalue weighted by Gasteiger charge is -2.33. The molecular weight excluding hydrogens is 284 g/mol. The fraction of sp³-hybridized carbons (Fsp3) is 0.643. The molecule has 0 unspecified atom stereocenters. The fourth-order valence-electron chi connectivity index (χ4n) is 3.03. The van der Waals surface area contributed by atoms with Gasteiger partial charge in [-0.05, 0) is 26.7 Å². The molecule has 3 heterocycles. The predicted molar refractivity (Wildman–Crippen MR) is 79.2 cm³/mol. The Balaban J connectivity index is 1.72. The maximum atomic E-state index is 12.5. The Bertz CT molecular complexity index is 635. The van der Waals surface area contributed by atoms with Gasteiger partial charge in [-0.3, -0.25) is 9.59 Å². The summed E-state index contributed by atoms with van der Waals surface area (Å²) >= 11 is 0. The zero-order valence-corrected chi connectivity index (χ0v) is 12.9. The first-order chi connectivity index (χ1) is 10.5. The van der Waals surface area contributed by atoms with Gasteiger partial charge < -0.3 is 4.90 Å². The first-order valence-corrected chi connectivity index (χ1v) is 7.59. The topological polar surface area (TPSA) is 92.5 Å². The van der Waals surface area contributed by atoms with Crippen LogP contribution in [0.2, 0.25) is 0 Å². The Morgan fingerprint density at radius 3 is 2.77 bits per heavy atom. The summed E-state index contributed by atoms with van der Waals surface area (Å²) in [5.41, 5.74) is 2.82. The van der Waals surface area contributed by atoms with E-state index in [-0.39, 0.29) is 17.9 Å². The summed E-state index contributed by atoms with van der Waals surface area (Å²) in [6.07, 6.45) is 2.64. The molecule has 0 saturated carbocycles. The summed E-state index contributed by atoms with van der Waals surface area (Å²) in [7, 11) is 0. The fourth-order valence-corrected chi connectivity index (χ4v) is 3.03. The van der Waals surface area contributed by atoms with E-state index in [0.29, 0.717) is 25.1 Å².